The maximum absolute atomic E-state index is 13.1. The van der Waals surface area contributed by atoms with E-state index < -0.39 is 11.7 Å². The van der Waals surface area contributed by atoms with Gasteiger partial charge in [0.15, 0.2) is 22.6 Å². The molecule has 0 aliphatic carbocycles. The Balaban J connectivity index is 0.000000114. The molecule has 137 heavy (non-hydrogen) atoms. The number of rotatable bonds is 27. The predicted molar refractivity (Wildman–Crippen MR) is 523 cm³/mol. The van der Waals surface area contributed by atoms with Gasteiger partial charge < -0.3 is 33.5 Å². The third kappa shape index (κ3) is 20.6. The van der Waals surface area contributed by atoms with Crippen LogP contribution < -0.4 is 33.5 Å². The van der Waals surface area contributed by atoms with Crippen LogP contribution in [0.2, 0.25) is 0 Å². The van der Waals surface area contributed by atoms with Gasteiger partial charge in [0.1, 0.15) is 45.6 Å². The molecule has 0 radical (unpaired) electrons. The smallest absolute Gasteiger partial charge is 0.409 e. The summed E-state index contributed by atoms with van der Waals surface area (Å²) in [6.45, 7) is 14.5. The molecule has 15 aromatic heterocycles. The highest BCUT2D eigenvalue weighted by Crippen LogP contribution is 2.42. The zero-order chi connectivity index (χ0) is 94.5. The van der Waals surface area contributed by atoms with E-state index in [4.69, 9.17) is 59.3 Å². The van der Waals surface area contributed by atoms with Crippen LogP contribution in [0.5, 0.6) is 29.4 Å². The second-order valence-corrected chi connectivity index (χ2v) is 37.2. The molecule has 20 aromatic rings. The van der Waals surface area contributed by atoms with Crippen LogP contribution in [0.25, 0.3) is 137 Å². The summed E-state index contributed by atoms with van der Waals surface area (Å²) in [5.74, 6) is 4.44. The van der Waals surface area contributed by atoms with Gasteiger partial charge in [0, 0.05) is 87.0 Å². The van der Waals surface area contributed by atoms with Crippen molar-refractivity contribution in [3.8, 4) is 111 Å². The number of anilines is 2. The van der Waals surface area contributed by atoms with Gasteiger partial charge in [0.2, 0.25) is 55.1 Å². The highest BCUT2D eigenvalue weighted by molar-refractivity contribution is 7.99. The molecule has 2 saturated heterocycles. The lowest BCUT2D eigenvalue weighted by molar-refractivity contribution is -0.137. The molecular formula is C95H75F3N22O10S7. The SMILES string of the molecule is CC(C)C(C)Sc1ccc2c(-c3ccccc3)nn(-c3nc(OC=O)cs3)c2n1.CCSc1ccc2c(-c3ccccc3)nn(-c3nc(OC=O)cs3)c2n1.O=COc1csc(-n2nc(-c3ccccc3)c3ccc(N4CCC4)nc32)n1.O=COc1csc(-n2nc(-c3ccccc3)c3ccc(N4CCCC4)nc32)n1.O=COc1csc(-n2nc(-c3ccccc3)c3ncc(C(F)(F)F)cc32)n1. The third-order valence-electron chi connectivity index (χ3n) is 21.4. The highest BCUT2D eigenvalue weighted by atomic mass is 32.2. The van der Waals surface area contributed by atoms with Crippen LogP contribution in [0.3, 0.4) is 0 Å². The highest BCUT2D eigenvalue weighted by Gasteiger charge is 2.34. The fourth-order valence-electron chi connectivity index (χ4n) is 14.5. The van der Waals surface area contributed by atoms with Crippen LogP contribution in [0, 0.1) is 5.92 Å². The molecule has 1 atom stereocenters. The number of hydrogen-bond donors (Lipinski definition) is 0. The van der Waals surface area contributed by atoms with Crippen molar-refractivity contribution in [3.05, 3.63) is 245 Å². The molecule has 0 spiro atoms. The van der Waals surface area contributed by atoms with Crippen molar-refractivity contribution in [1.82, 2.24) is 98.7 Å². The number of benzene rings is 5. The summed E-state index contributed by atoms with van der Waals surface area (Å²) in [5.41, 5.74) is 11.1. The topological polar surface area (TPSA) is 356 Å². The van der Waals surface area contributed by atoms with Gasteiger partial charge >= 0.3 is 6.18 Å². The number of thiazole rings is 5. The van der Waals surface area contributed by atoms with Crippen molar-refractivity contribution >= 4 is 179 Å². The second-order valence-electron chi connectivity index (χ2n) is 30.3. The number of aromatic nitrogens is 20. The molecule has 0 amide bonds. The summed E-state index contributed by atoms with van der Waals surface area (Å²) >= 11 is 9.90. The molecule has 42 heteroatoms. The number of ether oxygens (including phenoxy) is 5. The van der Waals surface area contributed by atoms with Crippen LogP contribution in [0.15, 0.2) is 249 Å². The molecule has 2 fully saturated rings. The van der Waals surface area contributed by atoms with E-state index >= 15 is 0 Å². The first-order valence-corrected chi connectivity index (χ1v) is 48.7. The second kappa shape index (κ2) is 42.1. The number of pyridine rings is 5. The van der Waals surface area contributed by atoms with E-state index in [9.17, 15) is 37.1 Å². The number of carbonyl (C=O) groups is 5. The lowest BCUT2D eigenvalue weighted by atomic mass is 10.1. The summed E-state index contributed by atoms with van der Waals surface area (Å²) in [7, 11) is 0. The Labute approximate surface area is 805 Å². The molecule has 2 aliphatic rings. The summed E-state index contributed by atoms with van der Waals surface area (Å²) in [6, 6.07) is 66.4. The first kappa shape index (κ1) is 92.2. The van der Waals surface area contributed by atoms with E-state index in [1.807, 2.05) is 152 Å². The number of fused-ring (bicyclic) bond motifs is 5. The Morgan fingerprint density at radius 3 is 1.00 bits per heavy atom. The Morgan fingerprint density at radius 2 is 0.679 bits per heavy atom. The average molecular weight is 1970 g/mol. The molecule has 0 saturated carbocycles. The average Bonchev–Trinajstić information content (AvgIpc) is 1.65. The Bertz CT molecular complexity index is 7660. The van der Waals surface area contributed by atoms with Gasteiger partial charge in [0.05, 0.1) is 48.0 Å². The van der Waals surface area contributed by atoms with Crippen molar-refractivity contribution in [2.75, 3.05) is 41.7 Å². The molecule has 22 rings (SSSR count). The monoisotopic (exact) mass is 1960 g/mol. The molecule has 0 N–H and O–H groups in total. The van der Waals surface area contributed by atoms with Gasteiger partial charge in [-0.15, -0.1) is 23.5 Å². The minimum atomic E-state index is -4.54. The van der Waals surface area contributed by atoms with E-state index in [1.165, 1.54) is 74.7 Å². The molecular weight excluding hydrogens is 1890 g/mol. The van der Waals surface area contributed by atoms with Crippen LogP contribution in [-0.2, 0) is 30.1 Å². The van der Waals surface area contributed by atoms with Crippen LogP contribution in [0.4, 0.5) is 24.8 Å². The summed E-state index contributed by atoms with van der Waals surface area (Å²) < 4.78 is 71.7. The van der Waals surface area contributed by atoms with Crippen molar-refractivity contribution in [3.63, 3.8) is 0 Å². The molecule has 688 valence electrons. The zero-order valence-electron chi connectivity index (χ0n) is 72.7. The molecule has 32 nitrogen and oxygen atoms in total. The lowest BCUT2D eigenvalue weighted by Crippen LogP contribution is -2.37. The van der Waals surface area contributed by atoms with Gasteiger partial charge in [0.25, 0.3) is 32.4 Å². The van der Waals surface area contributed by atoms with Crippen molar-refractivity contribution < 1.29 is 60.8 Å². The van der Waals surface area contributed by atoms with Gasteiger partial charge in [-0.05, 0) is 85.5 Å². The first-order chi connectivity index (χ1) is 67.0. The fraction of sp³-hybridized carbons (Fsp3) is 0.158. The van der Waals surface area contributed by atoms with Crippen LogP contribution in [-0.4, -0.2) is 168 Å². The number of alkyl halides is 3. The Hall–Kier alpha value is -15.2. The largest absolute Gasteiger partial charge is 0.417 e. The maximum Gasteiger partial charge on any atom is 0.417 e. The summed E-state index contributed by atoms with van der Waals surface area (Å²) in [5, 5.41) is 40.5. The van der Waals surface area contributed by atoms with E-state index in [0.717, 1.165) is 166 Å². The van der Waals surface area contributed by atoms with Gasteiger partial charge in [-0.1, -0.05) is 236 Å². The number of hydrogen-bond acceptors (Lipinski definition) is 34. The molecule has 0 bridgehead atoms. The normalized spacial score (nSPS) is 12.5. The van der Waals surface area contributed by atoms with Crippen molar-refractivity contribution in [2.24, 2.45) is 5.92 Å². The Kier molecular flexibility index (Phi) is 28.4. The molecule has 17 heterocycles. The maximum atomic E-state index is 13.1. The minimum Gasteiger partial charge on any atom is -0.409 e. The third-order valence-corrected chi connectivity index (χ3v) is 27.5. The molecule has 1 unspecified atom stereocenters. The molecule has 2 aliphatic heterocycles. The number of carbonyl (C=O) groups excluding carboxylic acids is 5. The Morgan fingerprint density at radius 1 is 0.372 bits per heavy atom. The number of nitrogens with zero attached hydrogens (tertiary/aromatic N) is 22. The van der Waals surface area contributed by atoms with Crippen molar-refractivity contribution in [1.29, 1.82) is 0 Å². The molecule has 5 aromatic carbocycles. The van der Waals surface area contributed by atoms with Gasteiger partial charge in [-0.2, -0.15) is 82.3 Å². The van der Waals surface area contributed by atoms with Gasteiger partial charge in [-0.25, -0.2) is 24.6 Å². The van der Waals surface area contributed by atoms with E-state index in [-0.39, 0.29) is 46.5 Å². The van der Waals surface area contributed by atoms with Crippen LogP contribution >= 0.6 is 80.2 Å². The van der Waals surface area contributed by atoms with E-state index in [0.29, 0.717) is 74.4 Å². The minimum absolute atomic E-state index is 0.0369. The van der Waals surface area contributed by atoms with Crippen LogP contribution in [0.1, 0.15) is 52.5 Å². The van der Waals surface area contributed by atoms with Gasteiger partial charge in [-0.3, -0.25) is 29.0 Å². The van der Waals surface area contributed by atoms with Crippen molar-refractivity contribution in [2.45, 2.75) is 68.4 Å². The quantitative estimate of drug-likeness (QED) is 0.0341. The summed E-state index contributed by atoms with van der Waals surface area (Å²) in [6.07, 6.45) is -0.200. The number of thioether (sulfide) groups is 2. The first-order valence-electron chi connectivity index (χ1n) is 42.4. The van der Waals surface area contributed by atoms with E-state index in [2.05, 4.69) is 101 Å². The lowest BCUT2D eigenvalue weighted by Gasteiger charge is -2.31. The van der Waals surface area contributed by atoms with E-state index in [1.54, 1.807) is 88.0 Å². The summed E-state index contributed by atoms with van der Waals surface area (Å²) in [4.78, 5) is 102. The fourth-order valence-corrected chi connectivity index (χ4v) is 19.5. The standard InChI is InChI=1S/C21H20N4O2S2.C20H17N5O2S.C19H15N5O2S.C18H14N4O2S2.C17H9F3N4O2S/c1-13(2)14(3)29-18-10-9-16-19(15-7-5-4-6-8-15)24-25(20(16)23-18)21-22-17(11-28-21)27-12-26;26-13-27-17-12-28-20(22-17)25-19-15(18(23-25)14-6-2-1-3-7-14)8-9-16(21-19)24-10-4-5-11-24;25-12-26-16-11-27-19(21-16)24-18-14(7-8-15(20-18)23-9-4-10-23)17(22-24)13-5-2-1-3-6-13;1-2-25-15-9-8-13-16(12-6-4-3-5-7-12)21-22(17(13)20-15)18-19-14(10-26-18)24-11-23;18-17(19,20)11-6-12-15(21-7-11)14(10-4-2-1-3-5-10)23-24(12)16-22-13(8-27-16)26-9-25/h4-14H,1-3H3;1-3,6-9,12-13H,4-5,10-11H2;1-3,5-8,11-12H,4,9-10H2;3-11H,2H2,1H3;1-9H. The number of halogens is 3. The predicted octanol–water partition coefficient (Wildman–Crippen LogP) is 20.5. The zero-order valence-corrected chi connectivity index (χ0v) is 78.4.